The standard InChI is InChI=1S/C21H24N6O3S/c1-13-6-5-9-26(12-13)19-23-17-16(18(28)24-20(29)25(17)2)27(19)10-11-31-21-22-14-7-3-4-8-15(14)30-21/h3-4,7-8,13H,5-6,9-12H2,1-2H3,(H,24,28,29)/t13-/m0/s1. The van der Waals surface area contributed by atoms with E-state index < -0.39 is 11.2 Å². The average molecular weight is 441 g/mol. The molecule has 0 amide bonds. The predicted molar refractivity (Wildman–Crippen MR) is 121 cm³/mol. The number of H-pyrrole nitrogens is 1. The van der Waals surface area contributed by atoms with Crippen molar-refractivity contribution in [3.63, 3.8) is 0 Å². The highest BCUT2D eigenvalue weighted by Gasteiger charge is 2.25. The van der Waals surface area contributed by atoms with Gasteiger partial charge in [0.25, 0.3) is 10.8 Å². The Kier molecular flexibility index (Phi) is 5.09. The molecule has 0 unspecified atom stereocenters. The highest BCUT2D eigenvalue weighted by Crippen LogP contribution is 2.27. The molecule has 0 bridgehead atoms. The van der Waals surface area contributed by atoms with E-state index in [2.05, 4.69) is 21.8 Å². The molecule has 1 aliphatic heterocycles. The molecular formula is C21H24N6O3S. The largest absolute Gasteiger partial charge is 0.431 e. The van der Waals surface area contributed by atoms with Crippen LogP contribution in [0.15, 0.2) is 43.5 Å². The predicted octanol–water partition coefficient (Wildman–Crippen LogP) is 2.59. The van der Waals surface area contributed by atoms with Crippen molar-refractivity contribution in [1.29, 1.82) is 0 Å². The van der Waals surface area contributed by atoms with Crippen molar-refractivity contribution < 1.29 is 4.42 Å². The zero-order valence-corrected chi connectivity index (χ0v) is 18.3. The number of hydrogen-bond donors (Lipinski definition) is 1. The van der Waals surface area contributed by atoms with Crippen molar-refractivity contribution in [2.45, 2.75) is 31.5 Å². The normalized spacial score (nSPS) is 17.1. The van der Waals surface area contributed by atoms with Crippen LogP contribution in [-0.4, -0.2) is 42.9 Å². The van der Waals surface area contributed by atoms with Gasteiger partial charge >= 0.3 is 5.69 Å². The van der Waals surface area contributed by atoms with Gasteiger partial charge in [0.2, 0.25) is 5.95 Å². The number of para-hydroxylation sites is 2. The third-order valence-corrected chi connectivity index (χ3v) is 6.55. The van der Waals surface area contributed by atoms with Crippen molar-refractivity contribution in [3.05, 3.63) is 45.1 Å². The second kappa shape index (κ2) is 7.92. The number of aromatic nitrogens is 5. The number of anilines is 1. The maximum absolute atomic E-state index is 12.7. The van der Waals surface area contributed by atoms with Crippen molar-refractivity contribution in [2.75, 3.05) is 23.7 Å². The summed E-state index contributed by atoms with van der Waals surface area (Å²) in [6.45, 7) is 4.54. The number of aryl methyl sites for hydroxylation is 2. The summed E-state index contributed by atoms with van der Waals surface area (Å²) in [5.41, 5.74) is 1.55. The van der Waals surface area contributed by atoms with Gasteiger partial charge in [-0.2, -0.15) is 4.98 Å². The van der Waals surface area contributed by atoms with Crippen molar-refractivity contribution >= 4 is 40.0 Å². The summed E-state index contributed by atoms with van der Waals surface area (Å²) >= 11 is 1.50. The summed E-state index contributed by atoms with van der Waals surface area (Å²) < 4.78 is 9.13. The van der Waals surface area contributed by atoms with E-state index in [0.717, 1.165) is 36.6 Å². The highest BCUT2D eigenvalue weighted by atomic mass is 32.2. The number of oxazole rings is 1. The van der Waals surface area contributed by atoms with E-state index in [9.17, 15) is 9.59 Å². The number of imidazole rings is 1. The third-order valence-electron chi connectivity index (χ3n) is 5.74. The Morgan fingerprint density at radius 3 is 2.90 bits per heavy atom. The lowest BCUT2D eigenvalue weighted by Crippen LogP contribution is -2.36. The van der Waals surface area contributed by atoms with Crippen LogP contribution >= 0.6 is 11.8 Å². The zero-order valence-electron chi connectivity index (χ0n) is 17.5. The molecule has 0 saturated carbocycles. The average Bonchev–Trinajstić information content (AvgIpc) is 3.34. The van der Waals surface area contributed by atoms with Crippen LogP contribution in [0.3, 0.4) is 0 Å². The molecule has 3 aromatic heterocycles. The van der Waals surface area contributed by atoms with E-state index in [1.54, 1.807) is 7.05 Å². The van der Waals surface area contributed by atoms with Crippen LogP contribution in [0.5, 0.6) is 0 Å². The van der Waals surface area contributed by atoms with Gasteiger partial charge < -0.3 is 13.9 Å². The molecule has 10 heteroatoms. The molecule has 5 rings (SSSR count). The number of piperidine rings is 1. The monoisotopic (exact) mass is 440 g/mol. The summed E-state index contributed by atoms with van der Waals surface area (Å²) in [5.74, 6) is 1.95. The van der Waals surface area contributed by atoms with E-state index in [1.807, 2.05) is 28.8 Å². The Morgan fingerprint density at radius 2 is 2.10 bits per heavy atom. The summed E-state index contributed by atoms with van der Waals surface area (Å²) in [4.78, 5) is 38.7. The molecule has 1 aromatic carbocycles. The van der Waals surface area contributed by atoms with Gasteiger partial charge in [0.05, 0.1) is 0 Å². The quantitative estimate of drug-likeness (QED) is 0.476. The molecule has 1 saturated heterocycles. The lowest BCUT2D eigenvalue weighted by Gasteiger charge is -2.32. The van der Waals surface area contributed by atoms with Crippen LogP contribution in [0.1, 0.15) is 19.8 Å². The van der Waals surface area contributed by atoms with Crippen LogP contribution in [0.2, 0.25) is 0 Å². The molecule has 31 heavy (non-hydrogen) atoms. The molecule has 0 aliphatic carbocycles. The van der Waals surface area contributed by atoms with Gasteiger partial charge in [-0.05, 0) is 30.9 Å². The first-order chi connectivity index (χ1) is 15.0. The molecule has 0 radical (unpaired) electrons. The molecule has 9 nitrogen and oxygen atoms in total. The first-order valence-corrected chi connectivity index (χ1v) is 11.4. The zero-order chi connectivity index (χ0) is 21.5. The molecule has 4 aromatic rings. The van der Waals surface area contributed by atoms with E-state index in [4.69, 9.17) is 9.40 Å². The molecule has 0 spiro atoms. The fourth-order valence-corrected chi connectivity index (χ4v) is 4.94. The number of benzene rings is 1. The minimum atomic E-state index is -0.457. The second-order valence-electron chi connectivity index (χ2n) is 8.04. The van der Waals surface area contributed by atoms with Gasteiger partial charge in [-0.1, -0.05) is 30.8 Å². The van der Waals surface area contributed by atoms with Crippen LogP contribution < -0.4 is 16.1 Å². The minimum absolute atomic E-state index is 0.409. The lowest BCUT2D eigenvalue weighted by molar-refractivity contribution is 0.438. The third kappa shape index (κ3) is 3.65. The fourth-order valence-electron chi connectivity index (χ4n) is 4.18. The van der Waals surface area contributed by atoms with Gasteiger partial charge in [-0.3, -0.25) is 14.3 Å². The molecule has 1 fully saturated rings. The lowest BCUT2D eigenvalue weighted by atomic mass is 10.0. The Bertz CT molecular complexity index is 1330. The second-order valence-corrected chi connectivity index (χ2v) is 9.09. The molecule has 1 aliphatic rings. The summed E-state index contributed by atoms with van der Waals surface area (Å²) in [5, 5.41) is 0.597. The Morgan fingerprint density at radius 1 is 1.26 bits per heavy atom. The number of fused-ring (bicyclic) bond motifs is 2. The van der Waals surface area contributed by atoms with E-state index in [1.165, 1.54) is 22.7 Å². The number of hydrogen-bond acceptors (Lipinski definition) is 7. The van der Waals surface area contributed by atoms with E-state index in [-0.39, 0.29) is 0 Å². The SMILES string of the molecule is C[C@H]1CCCN(c2nc3c(c(=O)[nH]c(=O)n3C)n2CCSc2nc3ccccc3o2)C1. The maximum atomic E-state index is 12.7. The van der Waals surface area contributed by atoms with Gasteiger partial charge in [-0.25, -0.2) is 9.78 Å². The van der Waals surface area contributed by atoms with E-state index >= 15 is 0 Å². The molecular weight excluding hydrogens is 416 g/mol. The smallest absolute Gasteiger partial charge is 0.329 e. The van der Waals surface area contributed by atoms with Gasteiger partial charge in [0.15, 0.2) is 16.7 Å². The van der Waals surface area contributed by atoms with Crippen LogP contribution in [0, 0.1) is 5.92 Å². The Balaban J connectivity index is 1.49. The Labute approximate surface area is 182 Å². The van der Waals surface area contributed by atoms with Gasteiger partial charge in [0.1, 0.15) is 5.52 Å². The molecule has 1 atom stereocenters. The maximum Gasteiger partial charge on any atom is 0.329 e. The number of aromatic amines is 1. The van der Waals surface area contributed by atoms with Crippen molar-refractivity contribution in [3.8, 4) is 0 Å². The van der Waals surface area contributed by atoms with Crippen LogP contribution in [0.25, 0.3) is 22.3 Å². The van der Waals surface area contributed by atoms with Gasteiger partial charge in [-0.15, -0.1) is 0 Å². The van der Waals surface area contributed by atoms with Crippen molar-refractivity contribution in [1.82, 2.24) is 24.1 Å². The number of rotatable bonds is 5. The first kappa shape index (κ1) is 19.9. The number of thioether (sulfide) groups is 1. The summed E-state index contributed by atoms with van der Waals surface area (Å²) in [6, 6.07) is 7.66. The topological polar surface area (TPSA) is 102 Å². The summed E-state index contributed by atoms with van der Waals surface area (Å²) in [6.07, 6.45) is 2.26. The van der Waals surface area contributed by atoms with E-state index in [0.29, 0.717) is 34.6 Å². The highest BCUT2D eigenvalue weighted by molar-refractivity contribution is 7.99. The number of nitrogens with zero attached hydrogens (tertiary/aromatic N) is 5. The van der Waals surface area contributed by atoms with Crippen LogP contribution in [0.4, 0.5) is 5.95 Å². The van der Waals surface area contributed by atoms with Crippen LogP contribution in [-0.2, 0) is 13.6 Å². The number of nitrogens with one attached hydrogen (secondary N) is 1. The molecule has 162 valence electrons. The minimum Gasteiger partial charge on any atom is -0.431 e. The fraction of sp³-hybridized carbons (Fsp3) is 0.429. The molecule has 4 heterocycles. The van der Waals surface area contributed by atoms with Gasteiger partial charge in [0, 0.05) is 32.4 Å². The summed E-state index contributed by atoms with van der Waals surface area (Å²) in [7, 11) is 1.63. The van der Waals surface area contributed by atoms with Crippen molar-refractivity contribution in [2.24, 2.45) is 13.0 Å². The molecule has 1 N–H and O–H groups in total. The Hall–Kier alpha value is -3.01. The first-order valence-electron chi connectivity index (χ1n) is 10.4.